The van der Waals surface area contributed by atoms with Crippen LogP contribution < -0.4 is 5.32 Å². The Kier molecular flexibility index (Phi) is 6.99. The largest absolute Gasteiger partial charge is 0.382 e. The number of amides is 2. The van der Waals surface area contributed by atoms with Crippen molar-refractivity contribution in [3.63, 3.8) is 0 Å². The first-order valence-electron chi connectivity index (χ1n) is 9.12. The summed E-state index contributed by atoms with van der Waals surface area (Å²) in [6.07, 6.45) is -1.40. The second-order valence-corrected chi connectivity index (χ2v) is 7.54. The van der Waals surface area contributed by atoms with Gasteiger partial charge in [0.15, 0.2) is 0 Å². The van der Waals surface area contributed by atoms with Crippen molar-refractivity contribution >= 4 is 45.9 Å². The van der Waals surface area contributed by atoms with Crippen molar-refractivity contribution in [1.29, 1.82) is 0 Å². The molecule has 1 unspecified atom stereocenters. The maximum atomic E-state index is 12.7. The van der Waals surface area contributed by atoms with E-state index in [0.717, 1.165) is 10.4 Å². The zero-order valence-corrected chi connectivity index (χ0v) is 17.9. The molecule has 0 bridgehead atoms. The number of fused-ring (bicyclic) bond motifs is 1. The number of carbonyl (C=O) groups is 2. The third-order valence-corrected chi connectivity index (χ3v) is 5.56. The zero-order chi connectivity index (χ0) is 21.8. The minimum atomic E-state index is -1.40. The highest BCUT2D eigenvalue weighted by Gasteiger charge is 2.30. The fraction of sp³-hybridized carbons (Fsp3) is 0.238. The number of likely N-dealkylation sites (N-methyl/N-ethyl adjacent to an activating group) is 1. The Labute approximate surface area is 183 Å². The highest BCUT2D eigenvalue weighted by atomic mass is 35.5. The van der Waals surface area contributed by atoms with Gasteiger partial charge in [0.05, 0.1) is 17.2 Å². The van der Waals surface area contributed by atoms with Gasteiger partial charge in [-0.2, -0.15) is 0 Å². The first-order chi connectivity index (χ1) is 14.3. The Hall–Kier alpha value is -2.58. The summed E-state index contributed by atoms with van der Waals surface area (Å²) in [5.74, 6) is -1.68. The number of H-pyrrole nitrogens is 1. The molecule has 2 amide bonds. The number of nitrogens with zero attached hydrogens (tertiary/aromatic N) is 1. The summed E-state index contributed by atoms with van der Waals surface area (Å²) in [6, 6.07) is 14.0. The van der Waals surface area contributed by atoms with Gasteiger partial charge in [0.1, 0.15) is 11.8 Å². The molecule has 0 saturated heterocycles. The molecule has 1 heterocycles. The lowest BCUT2D eigenvalue weighted by Crippen LogP contribution is -2.43. The van der Waals surface area contributed by atoms with Crippen LogP contribution in [0, 0.1) is 0 Å². The minimum Gasteiger partial charge on any atom is -0.382 e. The molecule has 1 aromatic heterocycles. The van der Waals surface area contributed by atoms with E-state index in [0.29, 0.717) is 26.8 Å². The number of aromatic amines is 1. The third kappa shape index (κ3) is 4.76. The fourth-order valence-corrected chi connectivity index (χ4v) is 3.44. The fourth-order valence-electron chi connectivity index (χ4n) is 3.11. The summed E-state index contributed by atoms with van der Waals surface area (Å²) in [6.45, 7) is 0.0319. The topological polar surface area (TPSA) is 94.7 Å². The number of benzene rings is 2. The van der Waals surface area contributed by atoms with Gasteiger partial charge < -0.3 is 15.4 Å². The van der Waals surface area contributed by atoms with Gasteiger partial charge in [0.2, 0.25) is 0 Å². The molecule has 0 saturated carbocycles. The highest BCUT2D eigenvalue weighted by Crippen LogP contribution is 2.28. The van der Waals surface area contributed by atoms with Crippen LogP contribution in [0.4, 0.5) is 0 Å². The van der Waals surface area contributed by atoms with Crippen molar-refractivity contribution in [2.24, 2.45) is 0 Å². The van der Waals surface area contributed by atoms with Crippen molar-refractivity contribution in [3.8, 4) is 0 Å². The molecule has 0 fully saturated rings. The quantitative estimate of drug-likeness (QED) is 0.481. The molecule has 2 atom stereocenters. The normalized spacial score (nSPS) is 13.1. The van der Waals surface area contributed by atoms with Crippen molar-refractivity contribution < 1.29 is 19.5 Å². The number of aliphatic hydroxyl groups excluding tert-OH is 1. The zero-order valence-electron chi connectivity index (χ0n) is 16.4. The molecule has 7 nitrogen and oxygen atoms in total. The lowest BCUT2D eigenvalue weighted by molar-refractivity contribution is -0.178. The Morgan fingerprint density at radius 2 is 1.83 bits per heavy atom. The van der Waals surface area contributed by atoms with Crippen molar-refractivity contribution in [2.75, 3.05) is 20.7 Å². The third-order valence-electron chi connectivity index (χ3n) is 4.83. The van der Waals surface area contributed by atoms with Crippen molar-refractivity contribution in [2.45, 2.75) is 12.0 Å². The maximum Gasteiger partial charge on any atom is 0.275 e. The van der Waals surface area contributed by atoms with Crippen LogP contribution in [0.25, 0.3) is 10.9 Å². The molecular weight excluding hydrogens is 429 g/mol. The van der Waals surface area contributed by atoms with Gasteiger partial charge >= 0.3 is 0 Å². The predicted molar refractivity (Wildman–Crippen MR) is 116 cm³/mol. The van der Waals surface area contributed by atoms with Gasteiger partial charge in [-0.15, -0.1) is 0 Å². The van der Waals surface area contributed by atoms with Gasteiger partial charge in [-0.1, -0.05) is 53.5 Å². The SMILES string of the molecule is CON(C)C(=O)[C@H](O)C(CNC(=O)c1cc2cc(Cl)c(Cl)cc2[nH]1)c1ccccc1. The van der Waals surface area contributed by atoms with Crippen LogP contribution in [-0.4, -0.2) is 53.8 Å². The number of rotatable bonds is 7. The molecule has 3 rings (SSSR count). The highest BCUT2D eigenvalue weighted by molar-refractivity contribution is 6.42. The number of hydrogen-bond donors (Lipinski definition) is 3. The van der Waals surface area contributed by atoms with E-state index < -0.39 is 17.9 Å². The lowest BCUT2D eigenvalue weighted by atomic mass is 9.92. The molecule has 30 heavy (non-hydrogen) atoms. The number of nitrogens with one attached hydrogen (secondary N) is 2. The molecule has 9 heteroatoms. The minimum absolute atomic E-state index is 0.0319. The van der Waals surface area contributed by atoms with E-state index in [-0.39, 0.29) is 12.5 Å². The number of aromatic nitrogens is 1. The molecule has 158 valence electrons. The molecule has 0 spiro atoms. The number of halogens is 2. The number of aliphatic hydroxyl groups is 1. The Morgan fingerprint density at radius 3 is 2.50 bits per heavy atom. The van der Waals surface area contributed by atoms with E-state index in [1.165, 1.54) is 14.2 Å². The molecular formula is C21H21Cl2N3O4. The number of carbonyl (C=O) groups excluding carboxylic acids is 2. The number of hydrogen-bond acceptors (Lipinski definition) is 4. The molecule has 3 N–H and O–H groups in total. The van der Waals surface area contributed by atoms with Crippen LogP contribution in [0.3, 0.4) is 0 Å². The van der Waals surface area contributed by atoms with Gasteiger partial charge in [-0.25, -0.2) is 5.06 Å². The first-order valence-corrected chi connectivity index (χ1v) is 9.88. The molecule has 0 aliphatic rings. The number of hydroxylamine groups is 2. The van der Waals surface area contributed by atoms with Crippen LogP contribution in [0.5, 0.6) is 0 Å². The van der Waals surface area contributed by atoms with Crippen LogP contribution in [0.15, 0.2) is 48.5 Å². The Morgan fingerprint density at radius 1 is 1.17 bits per heavy atom. The van der Waals surface area contributed by atoms with Gasteiger partial charge in [0.25, 0.3) is 11.8 Å². The Bertz CT molecular complexity index is 1020. The van der Waals surface area contributed by atoms with E-state index in [4.69, 9.17) is 28.0 Å². The molecule has 0 aliphatic carbocycles. The van der Waals surface area contributed by atoms with Crippen LogP contribution >= 0.6 is 23.2 Å². The summed E-state index contributed by atoms with van der Waals surface area (Å²) in [7, 11) is 2.74. The van der Waals surface area contributed by atoms with Crippen LogP contribution in [-0.2, 0) is 9.63 Å². The van der Waals surface area contributed by atoms with E-state index in [1.807, 2.05) is 6.07 Å². The smallest absolute Gasteiger partial charge is 0.275 e. The maximum absolute atomic E-state index is 12.7. The second-order valence-electron chi connectivity index (χ2n) is 6.73. The van der Waals surface area contributed by atoms with Crippen molar-refractivity contribution in [1.82, 2.24) is 15.4 Å². The van der Waals surface area contributed by atoms with E-state index in [9.17, 15) is 14.7 Å². The van der Waals surface area contributed by atoms with Gasteiger partial charge in [-0.05, 0) is 23.8 Å². The van der Waals surface area contributed by atoms with E-state index >= 15 is 0 Å². The van der Waals surface area contributed by atoms with Gasteiger partial charge in [0, 0.05) is 30.4 Å². The molecule has 3 aromatic rings. The molecule has 0 aliphatic heterocycles. The summed E-state index contributed by atoms with van der Waals surface area (Å²) in [5, 5.41) is 15.9. The summed E-state index contributed by atoms with van der Waals surface area (Å²) < 4.78 is 0. The summed E-state index contributed by atoms with van der Waals surface area (Å²) in [5.41, 5.74) is 1.69. The molecule has 0 radical (unpaired) electrons. The van der Waals surface area contributed by atoms with E-state index in [1.54, 1.807) is 42.5 Å². The average molecular weight is 450 g/mol. The Balaban J connectivity index is 1.79. The monoisotopic (exact) mass is 449 g/mol. The summed E-state index contributed by atoms with van der Waals surface area (Å²) >= 11 is 12.1. The first kappa shape index (κ1) is 22.1. The van der Waals surface area contributed by atoms with E-state index in [2.05, 4.69) is 10.3 Å². The molecule has 2 aromatic carbocycles. The van der Waals surface area contributed by atoms with Crippen LogP contribution in [0.1, 0.15) is 22.0 Å². The van der Waals surface area contributed by atoms with Crippen molar-refractivity contribution in [3.05, 3.63) is 69.8 Å². The standard InChI is InChI=1S/C21H21Cl2N3O4/c1-26(30-2)21(29)19(27)14(12-6-4-3-5-7-12)11-24-20(28)18-9-13-8-15(22)16(23)10-17(13)25-18/h3-10,14,19,25,27H,11H2,1-2H3,(H,24,28)/t14?,19-/m1/s1. The predicted octanol–water partition coefficient (Wildman–Crippen LogP) is 3.37. The summed E-state index contributed by atoms with van der Waals surface area (Å²) in [4.78, 5) is 33.0. The lowest BCUT2D eigenvalue weighted by Gasteiger charge is -2.25. The second kappa shape index (κ2) is 9.49. The average Bonchev–Trinajstić information content (AvgIpc) is 3.16. The van der Waals surface area contributed by atoms with Crippen LogP contribution in [0.2, 0.25) is 10.0 Å². The van der Waals surface area contributed by atoms with Gasteiger partial charge in [-0.3, -0.25) is 14.4 Å².